The topological polar surface area (TPSA) is 75.7 Å². The highest BCUT2D eigenvalue weighted by atomic mass is 35.5. The zero-order valence-electron chi connectivity index (χ0n) is 19.5. The summed E-state index contributed by atoms with van der Waals surface area (Å²) in [5, 5.41) is 3.37. The summed E-state index contributed by atoms with van der Waals surface area (Å²) in [5.74, 6) is -0.107. The van der Waals surface area contributed by atoms with Crippen molar-refractivity contribution in [1.82, 2.24) is 5.32 Å². The van der Waals surface area contributed by atoms with Crippen LogP contribution >= 0.6 is 11.6 Å². The molecule has 6 nitrogen and oxygen atoms in total. The van der Waals surface area contributed by atoms with Crippen LogP contribution in [0.25, 0.3) is 0 Å². The van der Waals surface area contributed by atoms with Crippen molar-refractivity contribution in [2.75, 3.05) is 10.8 Å². The molecule has 3 aromatic carbocycles. The number of rotatable bonds is 5. The number of anilines is 1. The molecule has 4 rings (SSSR count). The molecule has 34 heavy (non-hydrogen) atoms. The number of hydrogen-bond acceptors (Lipinski definition) is 4. The number of fused-ring (bicyclic) bond motifs is 1. The molecule has 1 amide bonds. The van der Waals surface area contributed by atoms with Crippen LogP contribution in [0.2, 0.25) is 5.02 Å². The predicted molar refractivity (Wildman–Crippen MR) is 134 cm³/mol. The van der Waals surface area contributed by atoms with E-state index < -0.39 is 16.1 Å². The van der Waals surface area contributed by atoms with E-state index in [9.17, 15) is 13.2 Å². The van der Waals surface area contributed by atoms with E-state index in [2.05, 4.69) is 24.4 Å². The Labute approximate surface area is 205 Å². The second kappa shape index (κ2) is 9.31. The zero-order valence-corrected chi connectivity index (χ0v) is 21.1. The quantitative estimate of drug-likeness (QED) is 0.531. The average Bonchev–Trinajstić information content (AvgIpc) is 2.81. The van der Waals surface area contributed by atoms with Gasteiger partial charge in [-0.05, 0) is 80.3 Å². The van der Waals surface area contributed by atoms with Crippen LogP contribution in [0, 0.1) is 20.8 Å². The number of nitrogens with zero attached hydrogens (tertiary/aromatic N) is 1. The fourth-order valence-electron chi connectivity index (χ4n) is 4.14. The second-order valence-electron chi connectivity index (χ2n) is 8.59. The molecule has 0 aromatic heterocycles. The number of halogens is 1. The van der Waals surface area contributed by atoms with Gasteiger partial charge in [-0.15, -0.1) is 0 Å². The summed E-state index contributed by atoms with van der Waals surface area (Å²) in [5.41, 5.74) is 4.72. The molecular formula is C26H27ClN2O4S. The van der Waals surface area contributed by atoms with E-state index >= 15 is 0 Å². The number of ether oxygens (including phenoxy) is 1. The van der Waals surface area contributed by atoms with Crippen molar-refractivity contribution < 1.29 is 17.9 Å². The molecule has 0 bridgehead atoms. The normalized spacial score (nSPS) is 16.4. The summed E-state index contributed by atoms with van der Waals surface area (Å²) in [4.78, 5) is 13.4. The molecule has 1 aliphatic rings. The lowest BCUT2D eigenvalue weighted by molar-refractivity contribution is -0.128. The Morgan fingerprint density at radius 3 is 2.41 bits per heavy atom. The van der Waals surface area contributed by atoms with Gasteiger partial charge < -0.3 is 10.1 Å². The van der Waals surface area contributed by atoms with Crippen LogP contribution < -0.4 is 14.4 Å². The Morgan fingerprint density at radius 2 is 1.71 bits per heavy atom. The third kappa shape index (κ3) is 4.63. The van der Waals surface area contributed by atoms with Crippen LogP contribution in [0.4, 0.5) is 5.69 Å². The molecule has 178 valence electrons. The molecule has 1 aliphatic heterocycles. The lowest BCUT2D eigenvalue weighted by Crippen LogP contribution is -2.51. The van der Waals surface area contributed by atoms with E-state index in [1.54, 1.807) is 30.3 Å². The Bertz CT molecular complexity index is 1340. The van der Waals surface area contributed by atoms with Crippen LogP contribution in [0.1, 0.15) is 35.2 Å². The minimum atomic E-state index is -3.94. The van der Waals surface area contributed by atoms with E-state index in [1.165, 1.54) is 28.1 Å². The summed E-state index contributed by atoms with van der Waals surface area (Å²) in [6.07, 6.45) is -1.03. The van der Waals surface area contributed by atoms with Crippen molar-refractivity contribution in [3.63, 3.8) is 0 Å². The Hall–Kier alpha value is -3.03. The highest BCUT2D eigenvalue weighted by molar-refractivity contribution is 7.92. The second-order valence-corrected chi connectivity index (χ2v) is 10.9. The fourth-order valence-corrected chi connectivity index (χ4v) is 5.80. The zero-order chi connectivity index (χ0) is 24.6. The van der Waals surface area contributed by atoms with Crippen LogP contribution in [-0.2, 0) is 14.8 Å². The number of carbonyl (C=O) groups excluding carboxylic acids is 1. The number of nitrogens with one attached hydrogen (secondary N) is 1. The van der Waals surface area contributed by atoms with E-state index in [4.69, 9.17) is 16.3 Å². The van der Waals surface area contributed by atoms with Gasteiger partial charge in [-0.2, -0.15) is 0 Å². The number of amides is 1. The molecule has 0 radical (unpaired) electrons. The molecule has 1 heterocycles. The van der Waals surface area contributed by atoms with E-state index in [0.29, 0.717) is 10.7 Å². The highest BCUT2D eigenvalue weighted by Gasteiger charge is 2.38. The van der Waals surface area contributed by atoms with E-state index in [1.807, 2.05) is 20.8 Å². The molecule has 0 fully saturated rings. The van der Waals surface area contributed by atoms with E-state index in [0.717, 1.165) is 16.7 Å². The van der Waals surface area contributed by atoms with Gasteiger partial charge in [-0.25, -0.2) is 8.42 Å². The molecule has 2 atom stereocenters. The smallest absolute Gasteiger partial charge is 0.264 e. The first-order valence-electron chi connectivity index (χ1n) is 11.0. The van der Waals surface area contributed by atoms with Crippen molar-refractivity contribution in [1.29, 1.82) is 0 Å². The van der Waals surface area contributed by atoms with Crippen molar-refractivity contribution in [3.8, 4) is 5.75 Å². The van der Waals surface area contributed by atoms with Crippen molar-refractivity contribution in [2.45, 2.75) is 44.7 Å². The van der Waals surface area contributed by atoms with Crippen LogP contribution in [-0.4, -0.2) is 27.0 Å². The van der Waals surface area contributed by atoms with Crippen LogP contribution in [0.3, 0.4) is 0 Å². The first-order chi connectivity index (χ1) is 16.1. The molecule has 0 spiro atoms. The SMILES string of the molecule is Cc1cc(C)c([C@H](C)NC(=O)[C@@H]2CN(S(=O)(=O)c3ccccc3)c3cc(Cl)ccc3O2)cc1C. The summed E-state index contributed by atoms with van der Waals surface area (Å²) < 4.78 is 34.1. The van der Waals surface area contributed by atoms with Crippen molar-refractivity contribution in [3.05, 3.63) is 87.9 Å². The molecule has 3 aromatic rings. The highest BCUT2D eigenvalue weighted by Crippen LogP contribution is 2.39. The van der Waals surface area contributed by atoms with Gasteiger partial charge in [0.25, 0.3) is 15.9 Å². The molecule has 0 saturated heterocycles. The lowest BCUT2D eigenvalue weighted by atomic mass is 9.96. The summed E-state index contributed by atoms with van der Waals surface area (Å²) >= 11 is 6.16. The van der Waals surface area contributed by atoms with Gasteiger partial charge in [0, 0.05) is 5.02 Å². The molecular weight excluding hydrogens is 472 g/mol. The number of aryl methyl sites for hydroxylation is 3. The van der Waals surface area contributed by atoms with Gasteiger partial charge in [-0.3, -0.25) is 9.10 Å². The third-order valence-electron chi connectivity index (χ3n) is 6.12. The standard InChI is InChI=1S/C26H27ClN2O4S/c1-16-12-18(3)22(13-17(16)2)19(4)28-26(30)25-15-29(23-14-20(27)10-11-24(23)33-25)34(31,32)21-8-6-5-7-9-21/h5-14,19,25H,15H2,1-4H3,(H,28,30)/t19-,25-/m0/s1. The molecule has 0 aliphatic carbocycles. The molecule has 8 heteroatoms. The molecule has 0 saturated carbocycles. The van der Waals surface area contributed by atoms with Crippen molar-refractivity contribution in [2.24, 2.45) is 0 Å². The average molecular weight is 499 g/mol. The maximum absolute atomic E-state index is 13.5. The third-order valence-corrected chi connectivity index (χ3v) is 8.15. The predicted octanol–water partition coefficient (Wildman–Crippen LogP) is 5.10. The first-order valence-corrected chi connectivity index (χ1v) is 12.8. The summed E-state index contributed by atoms with van der Waals surface area (Å²) in [7, 11) is -3.94. The minimum Gasteiger partial charge on any atom is -0.476 e. The van der Waals surface area contributed by atoms with Crippen LogP contribution in [0.15, 0.2) is 65.6 Å². The van der Waals surface area contributed by atoms with Gasteiger partial charge >= 0.3 is 0 Å². The largest absolute Gasteiger partial charge is 0.476 e. The molecule has 1 N–H and O–H groups in total. The number of sulfonamides is 1. The maximum Gasteiger partial charge on any atom is 0.264 e. The number of carbonyl (C=O) groups is 1. The first kappa shape index (κ1) is 24.1. The Balaban J connectivity index is 1.64. The number of hydrogen-bond donors (Lipinski definition) is 1. The summed E-state index contributed by atoms with van der Waals surface area (Å²) in [6, 6.07) is 16.7. The van der Waals surface area contributed by atoms with Gasteiger partial charge in [0.1, 0.15) is 5.75 Å². The number of benzene rings is 3. The Morgan fingerprint density at radius 1 is 1.03 bits per heavy atom. The molecule has 0 unspecified atom stereocenters. The minimum absolute atomic E-state index is 0.126. The van der Waals surface area contributed by atoms with Gasteiger partial charge in [-0.1, -0.05) is 41.9 Å². The van der Waals surface area contributed by atoms with Crippen molar-refractivity contribution >= 4 is 33.2 Å². The van der Waals surface area contributed by atoms with Crippen LogP contribution in [0.5, 0.6) is 5.75 Å². The maximum atomic E-state index is 13.5. The Kier molecular flexibility index (Phi) is 6.60. The van der Waals surface area contributed by atoms with E-state index in [-0.39, 0.29) is 29.1 Å². The monoisotopic (exact) mass is 498 g/mol. The fraction of sp³-hybridized carbons (Fsp3) is 0.269. The van der Waals surface area contributed by atoms with Gasteiger partial charge in [0.15, 0.2) is 6.10 Å². The lowest BCUT2D eigenvalue weighted by Gasteiger charge is -2.35. The van der Waals surface area contributed by atoms with Gasteiger partial charge in [0.05, 0.1) is 23.2 Å². The summed E-state index contributed by atoms with van der Waals surface area (Å²) in [6.45, 7) is 7.83. The van der Waals surface area contributed by atoms with Gasteiger partial charge in [0.2, 0.25) is 0 Å².